The van der Waals surface area contributed by atoms with E-state index in [-0.39, 0.29) is 41.7 Å². The van der Waals surface area contributed by atoms with Gasteiger partial charge in [-0.2, -0.15) is 5.11 Å². The van der Waals surface area contributed by atoms with E-state index in [2.05, 4.69) is 15.2 Å². The molecule has 11 nitrogen and oxygen atoms in total. The molecule has 1 atom stereocenters. The Morgan fingerprint density at radius 3 is 2.42 bits per heavy atom. The number of rotatable bonds is 6. The number of aromatic nitrogens is 1. The second-order valence-electron chi connectivity index (χ2n) is 12.4. The first-order valence-corrected chi connectivity index (χ1v) is 15.1. The summed E-state index contributed by atoms with van der Waals surface area (Å²) < 4.78 is 17.4. The summed E-state index contributed by atoms with van der Waals surface area (Å²) in [6.07, 6.45) is 3.59. The number of phenolic OH excluding ortho intramolecular Hbond substituents is 1. The number of carbonyl (C=O) groups is 1. The summed E-state index contributed by atoms with van der Waals surface area (Å²) in [6.45, 7) is 7.52. The maximum Gasteiger partial charge on any atom is 0.171 e. The molecule has 1 aromatic heterocycles. The van der Waals surface area contributed by atoms with Crippen LogP contribution in [-0.4, -0.2) is 45.4 Å². The van der Waals surface area contributed by atoms with Crippen LogP contribution in [0.1, 0.15) is 54.7 Å². The number of ketones is 1. The molecular weight excluding hydrogens is 634 g/mol. The van der Waals surface area contributed by atoms with E-state index >= 15 is 0 Å². The predicted molar refractivity (Wildman–Crippen MR) is 188 cm³/mol. The van der Waals surface area contributed by atoms with Crippen LogP contribution in [0, 0.1) is 0 Å². The zero-order chi connectivity index (χ0) is 33.9. The van der Waals surface area contributed by atoms with E-state index in [1.54, 1.807) is 39.2 Å². The number of anilines is 2. The molecule has 2 aliphatic rings. The highest BCUT2D eigenvalue weighted by Crippen LogP contribution is 2.41. The van der Waals surface area contributed by atoms with Crippen molar-refractivity contribution in [3.63, 3.8) is 0 Å². The Kier molecular flexibility index (Phi) is 10.7. The zero-order valence-electron chi connectivity index (χ0n) is 27.4. The Hall–Kier alpha value is -5.13. The number of aliphatic hydroxyl groups is 1. The van der Waals surface area contributed by atoms with Crippen molar-refractivity contribution >= 4 is 47.3 Å². The highest BCUT2D eigenvalue weighted by Gasteiger charge is 2.36. The number of aromatic hydroxyl groups is 1. The Morgan fingerprint density at radius 1 is 1.00 bits per heavy atom. The first-order valence-electron chi connectivity index (χ1n) is 15.1. The molecule has 0 aliphatic carbocycles. The normalized spacial score (nSPS) is 16.6. The zero-order valence-corrected chi connectivity index (χ0v) is 28.2. The highest BCUT2D eigenvalue weighted by atomic mass is 35.5. The number of benzene rings is 3. The van der Waals surface area contributed by atoms with Crippen molar-refractivity contribution in [2.75, 3.05) is 18.6 Å². The smallest absolute Gasteiger partial charge is 0.171 e. The summed E-state index contributed by atoms with van der Waals surface area (Å²) in [4.78, 5) is 17.0. The fourth-order valence-electron chi connectivity index (χ4n) is 5.19. The number of nitrogens with zero attached hydrogens (tertiary/aromatic N) is 3. The molecule has 6 rings (SSSR count). The number of carbonyl (C=O) groups excluding carboxylic acids is 1. The van der Waals surface area contributed by atoms with Gasteiger partial charge in [0.05, 0.1) is 30.0 Å². The van der Waals surface area contributed by atoms with Crippen LogP contribution < -0.4 is 25.7 Å². The third kappa shape index (κ3) is 8.04. The van der Waals surface area contributed by atoms with E-state index in [1.165, 1.54) is 6.07 Å². The molecular formula is C36H40ClN5O6. The van der Waals surface area contributed by atoms with Gasteiger partial charge in [0.15, 0.2) is 11.6 Å². The van der Waals surface area contributed by atoms with Crippen LogP contribution in [-0.2, 0) is 12.8 Å². The molecule has 4 aromatic rings. The second-order valence-corrected chi connectivity index (χ2v) is 12.4. The van der Waals surface area contributed by atoms with Crippen molar-refractivity contribution in [2.24, 2.45) is 10.2 Å². The number of aliphatic hydroxyl groups excluding tert-OH is 1. The molecule has 6 N–H and O–H groups in total. The van der Waals surface area contributed by atoms with Crippen molar-refractivity contribution in [3.05, 3.63) is 95.1 Å². The van der Waals surface area contributed by atoms with Gasteiger partial charge < -0.3 is 35.9 Å². The minimum Gasteiger partial charge on any atom is -0.507 e. The number of Topliss-reactive ketones (excluding diaryl/α,β-unsaturated/α-hetero) is 1. The van der Waals surface area contributed by atoms with Crippen molar-refractivity contribution in [3.8, 4) is 23.0 Å². The number of hydrogen-bond donors (Lipinski definition) is 4. The molecule has 3 aromatic carbocycles. The van der Waals surface area contributed by atoms with E-state index in [0.29, 0.717) is 46.3 Å². The van der Waals surface area contributed by atoms with E-state index < -0.39 is 17.3 Å². The van der Waals surface area contributed by atoms with Crippen LogP contribution in [0.2, 0.25) is 0 Å². The molecule has 0 saturated carbocycles. The lowest BCUT2D eigenvalue weighted by Gasteiger charge is -2.37. The number of pyridine rings is 1. The molecule has 252 valence electrons. The molecule has 48 heavy (non-hydrogen) atoms. The number of fused-ring (bicyclic) bond motifs is 2. The van der Waals surface area contributed by atoms with E-state index in [4.69, 9.17) is 25.7 Å². The lowest BCUT2D eigenvalue weighted by atomic mass is 9.89. The number of halogens is 1. The van der Waals surface area contributed by atoms with Crippen LogP contribution >= 0.6 is 12.4 Å². The molecule has 2 aliphatic heterocycles. The van der Waals surface area contributed by atoms with Gasteiger partial charge in [-0.25, -0.2) is 4.98 Å². The maximum atomic E-state index is 13.1. The van der Waals surface area contributed by atoms with Gasteiger partial charge in [-0.3, -0.25) is 4.79 Å². The van der Waals surface area contributed by atoms with Crippen molar-refractivity contribution in [2.45, 2.75) is 57.8 Å². The number of azo groups is 1. The fraction of sp³-hybridized carbons (Fsp3) is 0.278. The van der Waals surface area contributed by atoms with Crippen LogP contribution in [0.15, 0.2) is 83.0 Å². The molecule has 0 bridgehead atoms. The Balaban J connectivity index is 0.000000258. The highest BCUT2D eigenvalue weighted by molar-refractivity contribution is 6.01. The van der Waals surface area contributed by atoms with Gasteiger partial charge in [0.2, 0.25) is 0 Å². The van der Waals surface area contributed by atoms with Crippen LogP contribution in [0.4, 0.5) is 23.0 Å². The SMILES string of the molecule is COc1c(CC(=O)c2cc3c(cc2O)OC(C)(C)C(O)C3)ccc2c1C=CC(C)(C)O2.Cl.Nc1ccc(N=Nc2ccccc2)c(N)n1. The van der Waals surface area contributed by atoms with Crippen molar-refractivity contribution in [1.29, 1.82) is 0 Å². The van der Waals surface area contributed by atoms with Crippen molar-refractivity contribution < 1.29 is 29.2 Å². The molecule has 1 unspecified atom stereocenters. The fourth-order valence-corrected chi connectivity index (χ4v) is 5.19. The molecule has 0 saturated heterocycles. The first kappa shape index (κ1) is 35.7. The van der Waals surface area contributed by atoms with E-state index in [1.807, 2.05) is 68.5 Å². The van der Waals surface area contributed by atoms with Gasteiger partial charge in [0, 0.05) is 24.5 Å². The Labute approximate surface area is 285 Å². The van der Waals surface area contributed by atoms with Crippen LogP contribution in [0.3, 0.4) is 0 Å². The summed E-state index contributed by atoms with van der Waals surface area (Å²) in [6, 6.07) is 19.4. The van der Waals surface area contributed by atoms with E-state index in [9.17, 15) is 15.0 Å². The maximum absolute atomic E-state index is 13.1. The molecule has 0 amide bonds. The summed E-state index contributed by atoms with van der Waals surface area (Å²) >= 11 is 0. The summed E-state index contributed by atoms with van der Waals surface area (Å²) in [5.41, 5.74) is 13.6. The third-order valence-electron chi connectivity index (χ3n) is 7.84. The predicted octanol–water partition coefficient (Wildman–Crippen LogP) is 7.17. The Bertz CT molecular complexity index is 1860. The number of hydrogen-bond acceptors (Lipinski definition) is 11. The monoisotopic (exact) mass is 673 g/mol. The van der Waals surface area contributed by atoms with Crippen molar-refractivity contribution in [1.82, 2.24) is 4.98 Å². The summed E-state index contributed by atoms with van der Waals surface area (Å²) in [7, 11) is 1.56. The topological polar surface area (TPSA) is 175 Å². The first-order chi connectivity index (χ1) is 22.3. The van der Waals surface area contributed by atoms with Gasteiger partial charge in [0.1, 0.15) is 45.7 Å². The molecule has 3 heterocycles. The number of phenols is 1. The molecule has 0 fully saturated rings. The van der Waals surface area contributed by atoms with Crippen LogP contribution in [0.5, 0.6) is 23.0 Å². The second kappa shape index (κ2) is 14.3. The largest absolute Gasteiger partial charge is 0.507 e. The number of ether oxygens (including phenoxy) is 3. The lowest BCUT2D eigenvalue weighted by Crippen LogP contribution is -2.46. The minimum absolute atomic E-state index is 0. The van der Waals surface area contributed by atoms with Gasteiger partial charge in [0.25, 0.3) is 0 Å². The lowest BCUT2D eigenvalue weighted by molar-refractivity contribution is -0.0412. The number of nitrogens with two attached hydrogens (primary N) is 2. The third-order valence-corrected chi connectivity index (χ3v) is 7.84. The van der Waals surface area contributed by atoms with E-state index in [0.717, 1.165) is 11.3 Å². The number of nitrogen functional groups attached to an aromatic ring is 2. The standard InChI is InChI=1S/C25H28O6.C11H11N5.ClH/c1-24(2)9-8-16-20(30-24)7-6-14(23(16)29-5)11-18(26)17-10-15-12-22(28)25(3,4)31-21(15)13-19(17)27;12-10-7-6-9(11(13)14-10)16-15-8-4-2-1-3-5-8;/h6-10,13,22,27-28H,11-12H2,1-5H3;1-7H,(H4,12,13,14);1H. The molecule has 12 heteroatoms. The van der Waals surface area contributed by atoms with Crippen LogP contribution in [0.25, 0.3) is 6.08 Å². The summed E-state index contributed by atoms with van der Waals surface area (Å²) in [5.74, 6) is 2.02. The Morgan fingerprint density at radius 2 is 1.73 bits per heavy atom. The van der Waals surface area contributed by atoms with Gasteiger partial charge in [-0.15, -0.1) is 17.5 Å². The molecule has 0 radical (unpaired) electrons. The summed E-state index contributed by atoms with van der Waals surface area (Å²) in [5, 5.41) is 28.9. The quantitative estimate of drug-likeness (QED) is 0.122. The van der Waals surface area contributed by atoms with Gasteiger partial charge in [-0.05, 0) is 81.8 Å². The van der Waals surface area contributed by atoms with Gasteiger partial charge in [-0.1, -0.05) is 24.3 Å². The minimum atomic E-state index is -0.758. The molecule has 0 spiro atoms. The van der Waals surface area contributed by atoms with Gasteiger partial charge >= 0.3 is 0 Å². The average Bonchev–Trinajstić information content (AvgIpc) is 3.01. The number of methoxy groups -OCH3 is 1. The average molecular weight is 674 g/mol.